The number of carbonyl (C=O) groups excluding carboxylic acids is 1. The number of benzene rings is 1. The predicted octanol–water partition coefficient (Wildman–Crippen LogP) is 2.67. The van der Waals surface area contributed by atoms with E-state index in [0.717, 1.165) is 32.6 Å². The van der Waals surface area contributed by atoms with Gasteiger partial charge in [0.2, 0.25) is 0 Å². The number of para-hydroxylation sites is 1. The number of fused-ring (bicyclic) bond motifs is 1. The van der Waals surface area contributed by atoms with Gasteiger partial charge < -0.3 is 14.5 Å². The van der Waals surface area contributed by atoms with Crippen molar-refractivity contribution < 1.29 is 13.9 Å². The van der Waals surface area contributed by atoms with Crippen LogP contribution in [0.1, 0.15) is 23.2 Å². The van der Waals surface area contributed by atoms with E-state index in [-0.39, 0.29) is 5.56 Å². The molecule has 26 heavy (non-hydrogen) atoms. The van der Waals surface area contributed by atoms with Crippen molar-refractivity contribution in [3.8, 4) is 0 Å². The van der Waals surface area contributed by atoms with Gasteiger partial charge >= 0.3 is 5.63 Å². The minimum absolute atomic E-state index is 0.0270. The number of rotatable bonds is 4. The van der Waals surface area contributed by atoms with Gasteiger partial charge in [-0.3, -0.25) is 9.48 Å². The van der Waals surface area contributed by atoms with Gasteiger partial charge in [0.25, 0.3) is 5.91 Å². The predicted molar refractivity (Wildman–Crippen MR) is 96.2 cm³/mol. The van der Waals surface area contributed by atoms with E-state index in [9.17, 15) is 9.59 Å². The lowest BCUT2D eigenvalue weighted by Gasteiger charge is -2.21. The molecule has 0 atom stereocenters. The first-order valence-corrected chi connectivity index (χ1v) is 8.63. The summed E-state index contributed by atoms with van der Waals surface area (Å²) in [7, 11) is 0. The van der Waals surface area contributed by atoms with Crippen LogP contribution in [-0.2, 0) is 11.3 Å². The molecule has 1 aliphatic rings. The van der Waals surface area contributed by atoms with E-state index in [1.807, 2.05) is 10.7 Å². The van der Waals surface area contributed by atoms with Crippen molar-refractivity contribution >= 4 is 22.6 Å². The van der Waals surface area contributed by atoms with Gasteiger partial charge in [-0.25, -0.2) is 4.79 Å². The van der Waals surface area contributed by atoms with Gasteiger partial charge in [-0.1, -0.05) is 18.2 Å². The fraction of sp³-hybridized carbons (Fsp3) is 0.316. The van der Waals surface area contributed by atoms with E-state index >= 15 is 0 Å². The number of anilines is 1. The zero-order valence-electron chi connectivity index (χ0n) is 14.2. The van der Waals surface area contributed by atoms with Crippen LogP contribution >= 0.6 is 0 Å². The van der Waals surface area contributed by atoms with Crippen molar-refractivity contribution in [2.24, 2.45) is 5.92 Å². The quantitative estimate of drug-likeness (QED) is 0.729. The maximum Gasteiger partial charge on any atom is 0.349 e. The number of ether oxygens (including phenoxy) is 1. The summed E-state index contributed by atoms with van der Waals surface area (Å²) in [4.78, 5) is 24.5. The summed E-state index contributed by atoms with van der Waals surface area (Å²) in [5, 5.41) is 7.70. The fourth-order valence-corrected chi connectivity index (χ4v) is 3.14. The lowest BCUT2D eigenvalue weighted by molar-refractivity contribution is 0.0601. The summed E-state index contributed by atoms with van der Waals surface area (Å²) in [5.74, 6) is 0.0230. The molecule has 0 spiro atoms. The number of amides is 1. The van der Waals surface area contributed by atoms with Crippen molar-refractivity contribution in [2.45, 2.75) is 19.4 Å². The molecule has 134 valence electrons. The number of nitrogens with zero attached hydrogens (tertiary/aromatic N) is 2. The lowest BCUT2D eigenvalue weighted by Crippen LogP contribution is -2.21. The lowest BCUT2D eigenvalue weighted by atomic mass is 10.0. The first-order valence-electron chi connectivity index (χ1n) is 8.63. The Bertz CT molecular complexity index is 986. The summed E-state index contributed by atoms with van der Waals surface area (Å²) >= 11 is 0. The Morgan fingerprint density at radius 2 is 2.08 bits per heavy atom. The average molecular weight is 353 g/mol. The second kappa shape index (κ2) is 7.13. The number of hydrogen-bond donors (Lipinski definition) is 1. The maximum absolute atomic E-state index is 12.5. The Balaban J connectivity index is 1.48. The highest BCUT2D eigenvalue weighted by Crippen LogP contribution is 2.18. The van der Waals surface area contributed by atoms with E-state index in [4.69, 9.17) is 9.15 Å². The smallest absolute Gasteiger partial charge is 0.349 e. The van der Waals surface area contributed by atoms with Crippen LogP contribution in [0.25, 0.3) is 11.0 Å². The molecule has 3 aromatic rings. The van der Waals surface area contributed by atoms with Crippen molar-refractivity contribution in [3.63, 3.8) is 0 Å². The van der Waals surface area contributed by atoms with Gasteiger partial charge in [-0.2, -0.15) is 5.10 Å². The SMILES string of the molecule is O=C(Nc1cnn(CC2CCOCC2)c1)c1cc2ccccc2oc1=O. The Labute approximate surface area is 149 Å². The van der Waals surface area contributed by atoms with Gasteiger partial charge in [0.15, 0.2) is 0 Å². The third-order valence-electron chi connectivity index (χ3n) is 4.56. The molecular formula is C19H19N3O4. The standard InChI is InChI=1S/C19H19N3O4/c23-18(16-9-14-3-1-2-4-17(14)26-19(16)24)21-15-10-20-22(12-15)11-13-5-7-25-8-6-13/h1-4,9-10,12-13H,5-8,11H2,(H,21,23). The molecule has 1 aromatic carbocycles. The molecule has 3 heterocycles. The first kappa shape index (κ1) is 16.5. The van der Waals surface area contributed by atoms with Gasteiger partial charge in [-0.05, 0) is 30.9 Å². The highest BCUT2D eigenvalue weighted by atomic mass is 16.5. The molecule has 0 unspecified atom stereocenters. The molecular weight excluding hydrogens is 334 g/mol. The Hall–Kier alpha value is -2.93. The van der Waals surface area contributed by atoms with Crippen LogP contribution in [0.2, 0.25) is 0 Å². The number of aromatic nitrogens is 2. The first-order chi connectivity index (χ1) is 12.7. The summed E-state index contributed by atoms with van der Waals surface area (Å²) < 4.78 is 12.4. The van der Waals surface area contributed by atoms with Crippen LogP contribution in [0.4, 0.5) is 5.69 Å². The summed E-state index contributed by atoms with van der Waals surface area (Å²) in [6, 6.07) is 8.63. The highest BCUT2D eigenvalue weighted by molar-refractivity contribution is 6.05. The summed E-state index contributed by atoms with van der Waals surface area (Å²) in [6.45, 7) is 2.36. The molecule has 1 amide bonds. The topological polar surface area (TPSA) is 86.4 Å². The summed E-state index contributed by atoms with van der Waals surface area (Å²) in [5.41, 5.74) is 0.324. The number of hydrogen-bond acceptors (Lipinski definition) is 5. The van der Waals surface area contributed by atoms with Crippen LogP contribution in [0.3, 0.4) is 0 Å². The third-order valence-corrected chi connectivity index (χ3v) is 4.56. The molecule has 1 saturated heterocycles. The van der Waals surface area contributed by atoms with E-state index in [1.54, 1.807) is 36.7 Å². The van der Waals surface area contributed by atoms with Crippen LogP contribution < -0.4 is 10.9 Å². The molecule has 0 saturated carbocycles. The number of carbonyl (C=O) groups is 1. The normalized spacial score (nSPS) is 15.2. The second-order valence-electron chi connectivity index (χ2n) is 6.45. The molecule has 1 N–H and O–H groups in total. The Kier molecular flexibility index (Phi) is 4.53. The Morgan fingerprint density at radius 3 is 2.92 bits per heavy atom. The van der Waals surface area contributed by atoms with Gasteiger partial charge in [0, 0.05) is 31.3 Å². The molecule has 2 aromatic heterocycles. The van der Waals surface area contributed by atoms with E-state index < -0.39 is 11.5 Å². The maximum atomic E-state index is 12.5. The van der Waals surface area contributed by atoms with E-state index in [0.29, 0.717) is 22.6 Å². The van der Waals surface area contributed by atoms with Crippen molar-refractivity contribution in [1.29, 1.82) is 0 Å². The van der Waals surface area contributed by atoms with Crippen LogP contribution in [0.15, 0.2) is 51.9 Å². The monoisotopic (exact) mass is 353 g/mol. The largest absolute Gasteiger partial charge is 0.422 e. The van der Waals surface area contributed by atoms with Gasteiger partial charge in [0.1, 0.15) is 11.1 Å². The third kappa shape index (κ3) is 3.52. The second-order valence-corrected chi connectivity index (χ2v) is 6.45. The minimum atomic E-state index is -0.657. The molecule has 0 aliphatic carbocycles. The molecule has 1 fully saturated rings. The molecule has 0 bridgehead atoms. The van der Waals surface area contributed by atoms with Crippen LogP contribution in [0, 0.1) is 5.92 Å². The highest BCUT2D eigenvalue weighted by Gasteiger charge is 2.17. The summed E-state index contributed by atoms with van der Waals surface area (Å²) in [6.07, 6.45) is 5.38. The molecule has 7 nitrogen and oxygen atoms in total. The van der Waals surface area contributed by atoms with Gasteiger partial charge in [-0.15, -0.1) is 0 Å². The van der Waals surface area contributed by atoms with Crippen molar-refractivity contribution in [1.82, 2.24) is 9.78 Å². The molecule has 7 heteroatoms. The van der Waals surface area contributed by atoms with E-state index in [2.05, 4.69) is 10.4 Å². The zero-order valence-corrected chi connectivity index (χ0v) is 14.2. The van der Waals surface area contributed by atoms with E-state index in [1.165, 1.54) is 0 Å². The van der Waals surface area contributed by atoms with Crippen LogP contribution in [-0.4, -0.2) is 28.9 Å². The average Bonchev–Trinajstić information content (AvgIpc) is 3.08. The molecule has 4 rings (SSSR count). The Morgan fingerprint density at radius 1 is 1.27 bits per heavy atom. The fourth-order valence-electron chi connectivity index (χ4n) is 3.14. The minimum Gasteiger partial charge on any atom is -0.422 e. The zero-order chi connectivity index (χ0) is 17.9. The number of nitrogens with one attached hydrogen (secondary N) is 1. The van der Waals surface area contributed by atoms with Crippen LogP contribution in [0.5, 0.6) is 0 Å². The molecule has 1 aliphatic heterocycles. The van der Waals surface area contributed by atoms with Gasteiger partial charge in [0.05, 0.1) is 11.9 Å². The molecule has 0 radical (unpaired) electrons. The van der Waals surface area contributed by atoms with Crippen molar-refractivity contribution in [3.05, 3.63) is 58.7 Å². The van der Waals surface area contributed by atoms with Crippen molar-refractivity contribution in [2.75, 3.05) is 18.5 Å².